The first-order valence-electron chi connectivity index (χ1n) is 10.5. The molecule has 26 heavy (non-hydrogen) atoms. The quantitative estimate of drug-likeness (QED) is 0.349. The average molecular weight is 478 g/mol. The molecule has 0 atom stereocenters. The molecule has 152 valence electrons. The third-order valence-corrected chi connectivity index (χ3v) is 6.26. The lowest BCUT2D eigenvalue weighted by atomic mass is 9.79. The van der Waals surface area contributed by atoms with Gasteiger partial charge in [0.05, 0.1) is 19.8 Å². The monoisotopic (exact) mass is 478 g/mol. The van der Waals surface area contributed by atoms with Crippen molar-refractivity contribution in [3.05, 3.63) is 0 Å². The average Bonchev–Trinajstić information content (AvgIpc) is 2.64. The van der Waals surface area contributed by atoms with Crippen molar-refractivity contribution in [3.63, 3.8) is 0 Å². The van der Waals surface area contributed by atoms with Gasteiger partial charge in [0, 0.05) is 24.0 Å². The summed E-state index contributed by atoms with van der Waals surface area (Å²) in [4.78, 5) is 7.66. The number of guanidine groups is 1. The number of hydrogen-bond donors (Lipinski definition) is 2. The fraction of sp³-hybridized carbons (Fsp3) is 0.950. The summed E-state index contributed by atoms with van der Waals surface area (Å²) in [7, 11) is 0. The molecular formula is C20H39IN4O. The third kappa shape index (κ3) is 5.71. The number of nitrogens with zero attached hydrogens (tertiary/aromatic N) is 2. The Morgan fingerprint density at radius 2 is 1.65 bits per heavy atom. The van der Waals surface area contributed by atoms with Crippen LogP contribution in [-0.4, -0.2) is 62.3 Å². The normalized spacial score (nSPS) is 25.7. The molecule has 0 aromatic carbocycles. The van der Waals surface area contributed by atoms with Crippen LogP contribution >= 0.6 is 24.0 Å². The zero-order chi connectivity index (χ0) is 17.6. The van der Waals surface area contributed by atoms with Crippen molar-refractivity contribution >= 4 is 29.9 Å². The number of halogens is 1. The van der Waals surface area contributed by atoms with E-state index in [1.54, 1.807) is 0 Å². The molecule has 0 radical (unpaired) electrons. The Labute approximate surface area is 177 Å². The number of likely N-dealkylation sites (tertiary alicyclic amines) is 1. The van der Waals surface area contributed by atoms with Crippen molar-refractivity contribution in [2.75, 3.05) is 45.9 Å². The molecule has 3 rings (SSSR count). The molecule has 6 heteroatoms. The Kier molecular flexibility index (Phi) is 8.94. The number of aliphatic imine (C=N–C) groups is 1. The van der Waals surface area contributed by atoms with E-state index < -0.39 is 0 Å². The summed E-state index contributed by atoms with van der Waals surface area (Å²) in [5.74, 6) is 0.984. The van der Waals surface area contributed by atoms with Crippen LogP contribution in [0.5, 0.6) is 0 Å². The molecule has 0 unspecified atom stereocenters. The van der Waals surface area contributed by atoms with Crippen LogP contribution in [0.4, 0.5) is 0 Å². The molecule has 0 spiro atoms. The van der Waals surface area contributed by atoms with E-state index in [0.717, 1.165) is 38.8 Å². The smallest absolute Gasteiger partial charge is 0.191 e. The maximum absolute atomic E-state index is 5.36. The molecule has 5 nitrogen and oxygen atoms in total. The topological polar surface area (TPSA) is 48.9 Å². The van der Waals surface area contributed by atoms with E-state index >= 15 is 0 Å². The molecule has 2 saturated heterocycles. The second-order valence-electron chi connectivity index (χ2n) is 8.68. The summed E-state index contributed by atoms with van der Waals surface area (Å²) >= 11 is 0. The van der Waals surface area contributed by atoms with Crippen LogP contribution in [0.3, 0.4) is 0 Å². The van der Waals surface area contributed by atoms with Crippen LogP contribution < -0.4 is 10.6 Å². The van der Waals surface area contributed by atoms with Crippen LogP contribution in [0, 0.1) is 5.41 Å². The van der Waals surface area contributed by atoms with Crippen LogP contribution in [0.2, 0.25) is 0 Å². The molecule has 2 heterocycles. The molecular weight excluding hydrogens is 439 g/mol. The molecule has 1 aliphatic carbocycles. The maximum atomic E-state index is 5.36. The van der Waals surface area contributed by atoms with Crippen LogP contribution in [0.15, 0.2) is 4.99 Å². The molecule has 3 aliphatic rings. The van der Waals surface area contributed by atoms with Gasteiger partial charge in [0.2, 0.25) is 0 Å². The van der Waals surface area contributed by atoms with E-state index in [9.17, 15) is 0 Å². The first kappa shape index (κ1) is 22.2. The Hall–Kier alpha value is -0.0800. The second-order valence-corrected chi connectivity index (χ2v) is 8.68. The van der Waals surface area contributed by atoms with E-state index in [0.29, 0.717) is 5.54 Å². The molecule has 2 aliphatic heterocycles. The predicted molar refractivity (Wildman–Crippen MR) is 120 cm³/mol. The highest BCUT2D eigenvalue weighted by Crippen LogP contribution is 2.35. The molecule has 0 aromatic heterocycles. The minimum absolute atomic E-state index is 0. The highest BCUT2D eigenvalue weighted by Gasteiger charge is 2.38. The van der Waals surface area contributed by atoms with E-state index in [1.165, 1.54) is 64.5 Å². The van der Waals surface area contributed by atoms with Crippen molar-refractivity contribution in [1.82, 2.24) is 15.5 Å². The Morgan fingerprint density at radius 1 is 1.00 bits per heavy atom. The van der Waals surface area contributed by atoms with Gasteiger partial charge in [-0.1, -0.05) is 32.6 Å². The molecule has 0 amide bonds. The molecule has 1 saturated carbocycles. The van der Waals surface area contributed by atoms with Crippen molar-refractivity contribution in [2.24, 2.45) is 10.4 Å². The minimum Gasteiger partial charge on any atom is -0.380 e. The molecule has 0 bridgehead atoms. The SMILES string of the molecule is CCNC(=NCC1(C)COC1)NCC1(N2CCCCC2)CCCCC1.I. The van der Waals surface area contributed by atoms with E-state index in [2.05, 4.69) is 29.4 Å². The predicted octanol–water partition coefficient (Wildman–Crippen LogP) is 3.38. The number of ether oxygens (including phenoxy) is 1. The van der Waals surface area contributed by atoms with Crippen LogP contribution in [-0.2, 0) is 4.74 Å². The van der Waals surface area contributed by atoms with Gasteiger partial charge in [-0.25, -0.2) is 0 Å². The minimum atomic E-state index is 0. The standard InChI is InChI=1S/C20H38N4O.HI/c1-3-21-18(22-14-19(2)16-25-17-19)23-15-20(10-6-4-7-11-20)24-12-8-5-9-13-24;/h3-17H2,1-2H3,(H2,21,22,23);1H. The number of rotatable bonds is 6. The summed E-state index contributed by atoms with van der Waals surface area (Å²) in [5, 5.41) is 7.15. The van der Waals surface area contributed by atoms with Gasteiger partial charge in [-0.05, 0) is 45.7 Å². The number of nitrogens with one attached hydrogen (secondary N) is 2. The van der Waals surface area contributed by atoms with Gasteiger partial charge >= 0.3 is 0 Å². The van der Waals surface area contributed by atoms with Crippen molar-refractivity contribution in [2.45, 2.75) is 70.8 Å². The highest BCUT2D eigenvalue weighted by molar-refractivity contribution is 14.0. The van der Waals surface area contributed by atoms with Gasteiger partial charge in [-0.3, -0.25) is 9.89 Å². The van der Waals surface area contributed by atoms with E-state index in [1.807, 2.05) is 0 Å². The molecule has 3 fully saturated rings. The van der Waals surface area contributed by atoms with Gasteiger partial charge in [-0.15, -0.1) is 24.0 Å². The summed E-state index contributed by atoms with van der Waals surface area (Å²) < 4.78 is 5.36. The zero-order valence-electron chi connectivity index (χ0n) is 16.8. The summed E-state index contributed by atoms with van der Waals surface area (Å²) in [5.41, 5.74) is 0.579. The van der Waals surface area contributed by atoms with Crippen LogP contribution in [0.25, 0.3) is 0 Å². The van der Waals surface area contributed by atoms with Gasteiger partial charge in [-0.2, -0.15) is 0 Å². The Bertz CT molecular complexity index is 441. The van der Waals surface area contributed by atoms with Crippen LogP contribution in [0.1, 0.15) is 65.2 Å². The van der Waals surface area contributed by atoms with E-state index in [-0.39, 0.29) is 29.4 Å². The fourth-order valence-electron chi connectivity index (χ4n) is 4.58. The lowest BCUT2D eigenvalue weighted by Gasteiger charge is -2.48. The largest absolute Gasteiger partial charge is 0.380 e. The van der Waals surface area contributed by atoms with Crippen molar-refractivity contribution in [3.8, 4) is 0 Å². The van der Waals surface area contributed by atoms with Gasteiger partial charge < -0.3 is 15.4 Å². The second kappa shape index (κ2) is 10.5. The Balaban J connectivity index is 0.00000243. The molecule has 0 aromatic rings. The van der Waals surface area contributed by atoms with Crippen molar-refractivity contribution < 1.29 is 4.74 Å². The number of piperidine rings is 1. The number of hydrogen-bond acceptors (Lipinski definition) is 3. The Morgan fingerprint density at radius 3 is 2.23 bits per heavy atom. The summed E-state index contributed by atoms with van der Waals surface area (Å²) in [6.07, 6.45) is 11.0. The summed E-state index contributed by atoms with van der Waals surface area (Å²) in [6.45, 7) is 11.4. The van der Waals surface area contributed by atoms with E-state index in [4.69, 9.17) is 9.73 Å². The zero-order valence-corrected chi connectivity index (χ0v) is 19.1. The highest BCUT2D eigenvalue weighted by atomic mass is 127. The maximum Gasteiger partial charge on any atom is 0.191 e. The van der Waals surface area contributed by atoms with Gasteiger partial charge in [0.25, 0.3) is 0 Å². The third-order valence-electron chi connectivity index (χ3n) is 6.26. The first-order valence-corrected chi connectivity index (χ1v) is 10.5. The van der Waals surface area contributed by atoms with Gasteiger partial charge in [0.15, 0.2) is 5.96 Å². The summed E-state index contributed by atoms with van der Waals surface area (Å²) in [6, 6.07) is 0. The lowest BCUT2D eigenvalue weighted by Crippen LogP contribution is -2.59. The lowest BCUT2D eigenvalue weighted by molar-refractivity contribution is -0.0945. The molecule has 2 N–H and O–H groups in total. The first-order chi connectivity index (χ1) is 12.2. The fourth-order valence-corrected chi connectivity index (χ4v) is 4.58. The van der Waals surface area contributed by atoms with Crippen molar-refractivity contribution in [1.29, 1.82) is 0 Å². The van der Waals surface area contributed by atoms with Gasteiger partial charge in [0.1, 0.15) is 0 Å².